The van der Waals surface area contributed by atoms with E-state index in [2.05, 4.69) is 10.0 Å². The van der Waals surface area contributed by atoms with Gasteiger partial charge >= 0.3 is 5.97 Å². The zero-order valence-electron chi connectivity index (χ0n) is 17.4. The molecule has 0 atom stereocenters. The van der Waals surface area contributed by atoms with Crippen molar-refractivity contribution in [2.24, 2.45) is 0 Å². The zero-order valence-corrected chi connectivity index (χ0v) is 19.0. The number of carbonyl (C=O) groups excluding carboxylic acids is 2. The predicted molar refractivity (Wildman–Crippen MR) is 124 cm³/mol. The van der Waals surface area contributed by atoms with E-state index >= 15 is 0 Å². The Bertz CT molecular complexity index is 1260. The normalized spacial score (nSPS) is 11.0. The molecule has 166 valence electrons. The number of benzene rings is 3. The van der Waals surface area contributed by atoms with Crippen molar-refractivity contribution in [1.29, 1.82) is 0 Å². The number of hydrogen-bond donors (Lipinski definition) is 2. The van der Waals surface area contributed by atoms with E-state index in [1.54, 1.807) is 44.2 Å². The molecule has 7 nitrogen and oxygen atoms in total. The Hall–Kier alpha value is -3.36. The fraction of sp³-hybridized carbons (Fsp3) is 0.130. The summed E-state index contributed by atoms with van der Waals surface area (Å²) >= 11 is 6.26. The standard InChI is InChI=1S/C23H21ClN2O5S/c1-3-31-23(28)16-10-9-15(2)21(13-16)25-22(27)19-12-11-17(14-20(19)24)26-32(29,30)18-7-5-4-6-8-18/h4-14,26H,3H2,1-2H3,(H,25,27). The van der Waals surface area contributed by atoms with Gasteiger partial charge in [-0.2, -0.15) is 0 Å². The van der Waals surface area contributed by atoms with Crippen molar-refractivity contribution in [3.63, 3.8) is 0 Å². The summed E-state index contributed by atoms with van der Waals surface area (Å²) < 4.78 is 32.4. The van der Waals surface area contributed by atoms with Crippen LogP contribution in [0.4, 0.5) is 11.4 Å². The fourth-order valence-electron chi connectivity index (χ4n) is 2.86. The third-order valence-corrected chi connectivity index (χ3v) is 6.23. The summed E-state index contributed by atoms with van der Waals surface area (Å²) in [6, 6.07) is 17.0. The van der Waals surface area contributed by atoms with E-state index < -0.39 is 21.9 Å². The minimum absolute atomic E-state index is 0.0648. The van der Waals surface area contributed by atoms with Crippen molar-refractivity contribution in [2.45, 2.75) is 18.7 Å². The second-order valence-electron chi connectivity index (χ2n) is 6.82. The smallest absolute Gasteiger partial charge is 0.338 e. The van der Waals surface area contributed by atoms with E-state index in [0.29, 0.717) is 11.3 Å². The van der Waals surface area contributed by atoms with Gasteiger partial charge in [-0.1, -0.05) is 35.9 Å². The van der Waals surface area contributed by atoms with Gasteiger partial charge in [0.1, 0.15) is 0 Å². The minimum Gasteiger partial charge on any atom is -0.462 e. The lowest BCUT2D eigenvalue weighted by Crippen LogP contribution is -2.15. The van der Waals surface area contributed by atoms with E-state index in [4.69, 9.17) is 16.3 Å². The number of hydrogen-bond acceptors (Lipinski definition) is 5. The zero-order chi connectivity index (χ0) is 23.3. The molecule has 2 N–H and O–H groups in total. The van der Waals surface area contributed by atoms with E-state index in [-0.39, 0.29) is 27.8 Å². The first-order chi connectivity index (χ1) is 15.2. The van der Waals surface area contributed by atoms with Crippen LogP contribution in [0.2, 0.25) is 5.02 Å². The second kappa shape index (κ2) is 9.84. The first-order valence-corrected chi connectivity index (χ1v) is 11.5. The molecule has 3 aromatic rings. The summed E-state index contributed by atoms with van der Waals surface area (Å²) in [7, 11) is -3.79. The van der Waals surface area contributed by atoms with Crippen LogP contribution in [-0.2, 0) is 14.8 Å². The maximum Gasteiger partial charge on any atom is 0.338 e. The number of aryl methyl sites for hydroxylation is 1. The number of sulfonamides is 1. The van der Waals surface area contributed by atoms with Crippen LogP contribution < -0.4 is 10.0 Å². The summed E-state index contributed by atoms with van der Waals surface area (Å²) in [5.74, 6) is -0.993. The van der Waals surface area contributed by atoms with Gasteiger partial charge in [0.2, 0.25) is 0 Å². The van der Waals surface area contributed by atoms with Gasteiger partial charge in [-0.15, -0.1) is 0 Å². The number of anilines is 2. The van der Waals surface area contributed by atoms with Crippen molar-refractivity contribution in [3.05, 3.63) is 88.4 Å². The highest BCUT2D eigenvalue weighted by molar-refractivity contribution is 7.92. The largest absolute Gasteiger partial charge is 0.462 e. The summed E-state index contributed by atoms with van der Waals surface area (Å²) in [5, 5.41) is 2.79. The lowest BCUT2D eigenvalue weighted by atomic mass is 10.1. The van der Waals surface area contributed by atoms with Crippen LogP contribution in [0.5, 0.6) is 0 Å². The van der Waals surface area contributed by atoms with Crippen LogP contribution >= 0.6 is 11.6 Å². The van der Waals surface area contributed by atoms with E-state index in [1.807, 2.05) is 0 Å². The lowest BCUT2D eigenvalue weighted by Gasteiger charge is -2.13. The third-order valence-electron chi connectivity index (χ3n) is 4.52. The molecular weight excluding hydrogens is 452 g/mol. The molecule has 0 aliphatic rings. The van der Waals surface area contributed by atoms with Crippen molar-refractivity contribution in [1.82, 2.24) is 0 Å². The highest BCUT2D eigenvalue weighted by Gasteiger charge is 2.17. The number of amides is 1. The average Bonchev–Trinajstić information content (AvgIpc) is 2.75. The molecule has 0 radical (unpaired) electrons. The van der Waals surface area contributed by atoms with Crippen molar-refractivity contribution in [2.75, 3.05) is 16.6 Å². The molecule has 0 aliphatic heterocycles. The Morgan fingerprint density at radius 3 is 2.38 bits per heavy atom. The van der Waals surface area contributed by atoms with Crippen molar-refractivity contribution in [3.8, 4) is 0 Å². The van der Waals surface area contributed by atoms with Crippen LogP contribution in [0.15, 0.2) is 71.6 Å². The van der Waals surface area contributed by atoms with Gasteiger partial charge in [0.15, 0.2) is 0 Å². The number of nitrogens with one attached hydrogen (secondary N) is 2. The van der Waals surface area contributed by atoms with Crippen LogP contribution in [0, 0.1) is 6.92 Å². The third kappa shape index (κ3) is 5.46. The molecule has 0 fully saturated rings. The molecule has 9 heteroatoms. The summed E-state index contributed by atoms with van der Waals surface area (Å²) in [4.78, 5) is 24.8. The van der Waals surface area contributed by atoms with Gasteiger partial charge in [-0.05, 0) is 61.9 Å². The molecule has 0 heterocycles. The van der Waals surface area contributed by atoms with Gasteiger partial charge < -0.3 is 10.1 Å². The Morgan fingerprint density at radius 2 is 1.72 bits per heavy atom. The summed E-state index contributed by atoms with van der Waals surface area (Å²) in [5.41, 5.74) is 1.86. The quantitative estimate of drug-likeness (QED) is 0.477. The summed E-state index contributed by atoms with van der Waals surface area (Å²) in [6.45, 7) is 3.73. The molecule has 32 heavy (non-hydrogen) atoms. The topological polar surface area (TPSA) is 102 Å². The van der Waals surface area contributed by atoms with Crippen LogP contribution in [0.1, 0.15) is 33.2 Å². The molecule has 0 saturated carbocycles. The van der Waals surface area contributed by atoms with E-state index in [9.17, 15) is 18.0 Å². The maximum absolute atomic E-state index is 12.8. The molecule has 3 rings (SSSR count). The monoisotopic (exact) mass is 472 g/mol. The van der Waals surface area contributed by atoms with Gasteiger partial charge in [0.25, 0.3) is 15.9 Å². The molecule has 0 spiro atoms. The van der Waals surface area contributed by atoms with Gasteiger partial charge in [0.05, 0.1) is 33.3 Å². The highest BCUT2D eigenvalue weighted by Crippen LogP contribution is 2.25. The SMILES string of the molecule is CCOC(=O)c1ccc(C)c(NC(=O)c2ccc(NS(=O)(=O)c3ccccc3)cc2Cl)c1. The second-order valence-corrected chi connectivity index (χ2v) is 8.91. The van der Waals surface area contributed by atoms with Gasteiger partial charge in [-0.3, -0.25) is 9.52 Å². The average molecular weight is 473 g/mol. The Kier molecular flexibility index (Phi) is 7.17. The van der Waals surface area contributed by atoms with Crippen LogP contribution in [0.3, 0.4) is 0 Å². The molecule has 0 saturated heterocycles. The molecule has 1 amide bonds. The molecule has 0 bridgehead atoms. The van der Waals surface area contributed by atoms with Crippen LogP contribution in [-0.4, -0.2) is 26.9 Å². The number of esters is 1. The highest BCUT2D eigenvalue weighted by atomic mass is 35.5. The molecule has 0 unspecified atom stereocenters. The number of carbonyl (C=O) groups is 2. The summed E-state index contributed by atoms with van der Waals surface area (Å²) in [6.07, 6.45) is 0. The number of ether oxygens (including phenoxy) is 1. The number of rotatable bonds is 7. The maximum atomic E-state index is 12.8. The van der Waals surface area contributed by atoms with Gasteiger partial charge in [-0.25, -0.2) is 13.2 Å². The lowest BCUT2D eigenvalue weighted by molar-refractivity contribution is 0.0526. The molecule has 3 aromatic carbocycles. The Morgan fingerprint density at radius 1 is 1.00 bits per heavy atom. The molecule has 0 aliphatic carbocycles. The first-order valence-electron chi connectivity index (χ1n) is 9.68. The Labute approximate surface area is 191 Å². The van der Waals surface area contributed by atoms with Crippen LogP contribution in [0.25, 0.3) is 0 Å². The fourth-order valence-corrected chi connectivity index (χ4v) is 4.20. The van der Waals surface area contributed by atoms with Crippen molar-refractivity contribution < 1.29 is 22.7 Å². The molecule has 0 aromatic heterocycles. The van der Waals surface area contributed by atoms with Crippen molar-refractivity contribution >= 4 is 44.9 Å². The van der Waals surface area contributed by atoms with E-state index in [1.165, 1.54) is 36.4 Å². The predicted octanol–water partition coefficient (Wildman–Crippen LogP) is 4.88. The first kappa shape index (κ1) is 23.3. The Balaban J connectivity index is 1.79. The van der Waals surface area contributed by atoms with Gasteiger partial charge in [0, 0.05) is 5.69 Å². The number of halogens is 1. The minimum atomic E-state index is -3.79. The molecular formula is C23H21ClN2O5S. The van der Waals surface area contributed by atoms with E-state index in [0.717, 1.165) is 5.56 Å².